The van der Waals surface area contributed by atoms with Crippen LogP contribution in [0.15, 0.2) is 24.3 Å². The Morgan fingerprint density at radius 2 is 1.81 bits per heavy atom. The molecule has 1 fully saturated rings. The van der Waals surface area contributed by atoms with Crippen molar-refractivity contribution in [2.24, 2.45) is 5.92 Å². The van der Waals surface area contributed by atoms with Crippen LogP contribution in [0.1, 0.15) is 50.9 Å². The highest BCUT2D eigenvalue weighted by molar-refractivity contribution is 6.10. The summed E-state index contributed by atoms with van der Waals surface area (Å²) in [6.07, 6.45) is 1.32. The second-order valence-electron chi connectivity index (χ2n) is 7.27. The SMILES string of the molecule is CC(=O)c1ccc(NC(=O)CN2C(=O)NC(C)(CCC(C)C)C2=O)cc1. The smallest absolute Gasteiger partial charge is 0.325 e. The molecular weight excluding hydrogens is 334 g/mol. The van der Waals surface area contributed by atoms with Crippen molar-refractivity contribution in [3.8, 4) is 0 Å². The van der Waals surface area contributed by atoms with Crippen molar-refractivity contribution in [3.63, 3.8) is 0 Å². The number of amides is 4. The molecule has 26 heavy (non-hydrogen) atoms. The van der Waals surface area contributed by atoms with E-state index in [9.17, 15) is 19.2 Å². The fourth-order valence-corrected chi connectivity index (χ4v) is 2.77. The minimum absolute atomic E-state index is 0.0668. The second-order valence-corrected chi connectivity index (χ2v) is 7.27. The number of imide groups is 1. The standard InChI is InChI=1S/C19H25N3O4/c1-12(2)9-10-19(4)17(25)22(18(26)21-19)11-16(24)20-15-7-5-14(6-8-15)13(3)23/h5-8,12H,9-11H2,1-4H3,(H,20,24)(H,21,26). The molecule has 1 aromatic rings. The van der Waals surface area contributed by atoms with E-state index in [0.717, 1.165) is 11.3 Å². The number of benzene rings is 1. The maximum absolute atomic E-state index is 12.6. The molecule has 1 unspecified atom stereocenters. The van der Waals surface area contributed by atoms with Crippen LogP contribution in [0.2, 0.25) is 0 Å². The fraction of sp³-hybridized carbons (Fsp3) is 0.474. The minimum Gasteiger partial charge on any atom is -0.325 e. The molecule has 1 saturated heterocycles. The van der Waals surface area contributed by atoms with Gasteiger partial charge in [-0.3, -0.25) is 19.3 Å². The minimum atomic E-state index is -0.967. The number of hydrogen-bond donors (Lipinski definition) is 2. The maximum atomic E-state index is 12.6. The summed E-state index contributed by atoms with van der Waals surface area (Å²) in [6, 6.07) is 5.87. The van der Waals surface area contributed by atoms with E-state index in [0.29, 0.717) is 23.6 Å². The van der Waals surface area contributed by atoms with Gasteiger partial charge in [-0.1, -0.05) is 13.8 Å². The molecule has 0 aliphatic carbocycles. The monoisotopic (exact) mass is 359 g/mol. The predicted octanol–water partition coefficient (Wildman–Crippen LogP) is 2.57. The lowest BCUT2D eigenvalue weighted by Crippen LogP contribution is -2.44. The number of rotatable bonds is 7. The van der Waals surface area contributed by atoms with E-state index in [2.05, 4.69) is 10.6 Å². The van der Waals surface area contributed by atoms with Gasteiger partial charge in [0.05, 0.1) is 0 Å². The molecule has 1 atom stereocenters. The molecule has 140 valence electrons. The molecule has 7 nitrogen and oxygen atoms in total. The summed E-state index contributed by atoms with van der Waals surface area (Å²) in [7, 11) is 0. The van der Waals surface area contributed by atoms with Gasteiger partial charge in [0, 0.05) is 11.3 Å². The molecule has 1 aliphatic heterocycles. The molecule has 0 spiro atoms. The van der Waals surface area contributed by atoms with Crippen molar-refractivity contribution in [2.75, 3.05) is 11.9 Å². The van der Waals surface area contributed by atoms with Crippen molar-refractivity contribution in [2.45, 2.75) is 46.1 Å². The number of anilines is 1. The first-order chi connectivity index (χ1) is 12.1. The van der Waals surface area contributed by atoms with E-state index < -0.39 is 17.5 Å². The molecule has 0 saturated carbocycles. The highest BCUT2D eigenvalue weighted by Gasteiger charge is 2.47. The lowest BCUT2D eigenvalue weighted by Gasteiger charge is -2.22. The van der Waals surface area contributed by atoms with Gasteiger partial charge < -0.3 is 10.6 Å². The number of urea groups is 1. The number of Topliss-reactive ketones (excluding diaryl/α,β-unsaturated/α-hetero) is 1. The second kappa shape index (κ2) is 7.68. The van der Waals surface area contributed by atoms with Crippen LogP contribution in [0.5, 0.6) is 0 Å². The van der Waals surface area contributed by atoms with Gasteiger partial charge in [-0.15, -0.1) is 0 Å². The zero-order chi connectivity index (χ0) is 19.5. The molecule has 0 aromatic heterocycles. The normalized spacial score (nSPS) is 19.7. The van der Waals surface area contributed by atoms with Gasteiger partial charge in [0.2, 0.25) is 5.91 Å². The third-order valence-corrected chi connectivity index (χ3v) is 4.44. The Morgan fingerprint density at radius 1 is 1.19 bits per heavy atom. The first-order valence-corrected chi connectivity index (χ1v) is 8.67. The van der Waals surface area contributed by atoms with Crippen molar-refractivity contribution in [1.29, 1.82) is 0 Å². The quantitative estimate of drug-likeness (QED) is 0.578. The average Bonchev–Trinajstić information content (AvgIpc) is 2.77. The van der Waals surface area contributed by atoms with Gasteiger partial charge in [-0.05, 0) is 56.9 Å². The molecule has 1 aromatic carbocycles. The Labute approximate surface area is 153 Å². The van der Waals surface area contributed by atoms with Crippen LogP contribution in [-0.4, -0.2) is 40.6 Å². The summed E-state index contributed by atoms with van der Waals surface area (Å²) < 4.78 is 0. The van der Waals surface area contributed by atoms with Crippen molar-refractivity contribution < 1.29 is 19.2 Å². The van der Waals surface area contributed by atoms with Gasteiger partial charge in [0.15, 0.2) is 5.78 Å². The van der Waals surface area contributed by atoms with Crippen LogP contribution < -0.4 is 10.6 Å². The Morgan fingerprint density at radius 3 is 2.35 bits per heavy atom. The molecular formula is C19H25N3O4. The van der Waals surface area contributed by atoms with E-state index in [1.165, 1.54) is 6.92 Å². The van der Waals surface area contributed by atoms with Crippen LogP contribution in [0.3, 0.4) is 0 Å². The summed E-state index contributed by atoms with van der Waals surface area (Å²) >= 11 is 0. The number of carbonyl (C=O) groups excluding carboxylic acids is 4. The fourth-order valence-electron chi connectivity index (χ4n) is 2.77. The van der Waals surface area contributed by atoms with E-state index in [1.54, 1.807) is 31.2 Å². The van der Waals surface area contributed by atoms with Crippen LogP contribution >= 0.6 is 0 Å². The number of carbonyl (C=O) groups is 4. The number of nitrogens with zero attached hydrogens (tertiary/aromatic N) is 1. The van der Waals surface area contributed by atoms with Crippen LogP contribution in [0.4, 0.5) is 10.5 Å². The summed E-state index contributed by atoms with van der Waals surface area (Å²) in [5, 5.41) is 5.32. The lowest BCUT2D eigenvalue weighted by atomic mass is 9.92. The first kappa shape index (κ1) is 19.6. The van der Waals surface area contributed by atoms with Crippen molar-refractivity contribution in [1.82, 2.24) is 10.2 Å². The molecule has 1 aliphatic rings. The highest BCUT2D eigenvalue weighted by atomic mass is 16.2. The van der Waals surface area contributed by atoms with E-state index in [1.807, 2.05) is 13.8 Å². The number of ketones is 1. The Balaban J connectivity index is 1.98. The molecule has 0 bridgehead atoms. The third-order valence-electron chi connectivity index (χ3n) is 4.44. The van der Waals surface area contributed by atoms with Crippen molar-refractivity contribution in [3.05, 3.63) is 29.8 Å². The number of nitrogens with one attached hydrogen (secondary N) is 2. The summed E-state index contributed by atoms with van der Waals surface area (Å²) in [5.74, 6) is -0.517. The van der Waals surface area contributed by atoms with Crippen molar-refractivity contribution >= 4 is 29.3 Å². The first-order valence-electron chi connectivity index (χ1n) is 8.67. The molecule has 2 N–H and O–H groups in total. The van der Waals surface area contributed by atoms with E-state index >= 15 is 0 Å². The highest BCUT2D eigenvalue weighted by Crippen LogP contribution is 2.24. The average molecular weight is 359 g/mol. The van der Waals surface area contributed by atoms with Gasteiger partial charge >= 0.3 is 6.03 Å². The van der Waals surface area contributed by atoms with Gasteiger partial charge in [-0.2, -0.15) is 0 Å². The van der Waals surface area contributed by atoms with Gasteiger partial charge in [0.1, 0.15) is 12.1 Å². The Kier molecular flexibility index (Phi) is 5.79. The van der Waals surface area contributed by atoms with Crippen LogP contribution in [0.25, 0.3) is 0 Å². The summed E-state index contributed by atoms with van der Waals surface area (Å²) in [4.78, 5) is 49.1. The largest absolute Gasteiger partial charge is 0.325 e. The topological polar surface area (TPSA) is 95.6 Å². The summed E-state index contributed by atoms with van der Waals surface area (Å²) in [5.41, 5.74) is 0.0674. The molecule has 4 amide bonds. The lowest BCUT2D eigenvalue weighted by molar-refractivity contribution is -0.133. The van der Waals surface area contributed by atoms with Crippen LogP contribution in [-0.2, 0) is 9.59 Å². The van der Waals surface area contributed by atoms with E-state index in [4.69, 9.17) is 0 Å². The maximum Gasteiger partial charge on any atom is 0.325 e. The molecule has 7 heteroatoms. The molecule has 2 rings (SSSR count). The van der Waals surface area contributed by atoms with E-state index in [-0.39, 0.29) is 18.2 Å². The van der Waals surface area contributed by atoms with Crippen LogP contribution in [0, 0.1) is 5.92 Å². The summed E-state index contributed by atoms with van der Waals surface area (Å²) in [6.45, 7) is 6.90. The zero-order valence-electron chi connectivity index (χ0n) is 15.6. The molecule has 1 heterocycles. The molecule has 0 radical (unpaired) electrons. The third kappa shape index (κ3) is 4.47. The van der Waals surface area contributed by atoms with Gasteiger partial charge in [-0.25, -0.2) is 4.79 Å². The van der Waals surface area contributed by atoms with Gasteiger partial charge in [0.25, 0.3) is 5.91 Å². The number of hydrogen-bond acceptors (Lipinski definition) is 4. The zero-order valence-corrected chi connectivity index (χ0v) is 15.6. The predicted molar refractivity (Wildman–Crippen MR) is 97.8 cm³/mol. The Bertz CT molecular complexity index is 727. The Hall–Kier alpha value is -2.70.